The van der Waals surface area contributed by atoms with Crippen LogP contribution in [-0.2, 0) is 4.74 Å². The number of fused-ring (bicyclic) bond motifs is 5. The largest absolute Gasteiger partial charge is 0.353 e. The van der Waals surface area contributed by atoms with Crippen molar-refractivity contribution in [2.24, 2.45) is 5.92 Å². The van der Waals surface area contributed by atoms with Crippen molar-refractivity contribution in [1.82, 2.24) is 19.5 Å². The molecule has 4 heterocycles. The Hall–Kier alpha value is -1.14. The summed E-state index contributed by atoms with van der Waals surface area (Å²) in [5, 5.41) is 1.51. The molecule has 0 spiro atoms. The van der Waals surface area contributed by atoms with E-state index >= 15 is 0 Å². The molecular weight excluding hydrogens is 272 g/mol. The van der Waals surface area contributed by atoms with Crippen LogP contribution in [0, 0.1) is 12.8 Å². The molecule has 6 heteroatoms. The van der Waals surface area contributed by atoms with E-state index in [-0.39, 0.29) is 6.23 Å². The zero-order chi connectivity index (χ0) is 13.9. The predicted molar refractivity (Wildman–Crippen MR) is 77.7 cm³/mol. The van der Waals surface area contributed by atoms with Crippen LogP contribution in [0.2, 0.25) is 0 Å². The third-order valence-electron chi connectivity index (χ3n) is 4.49. The molecule has 0 N–H and O–H groups in total. The second kappa shape index (κ2) is 4.43. The summed E-state index contributed by atoms with van der Waals surface area (Å²) in [6, 6.07) is 0. The van der Waals surface area contributed by atoms with Crippen molar-refractivity contribution >= 4 is 22.9 Å². The third kappa shape index (κ3) is 1.52. The van der Waals surface area contributed by atoms with E-state index < -0.39 is 0 Å². The highest BCUT2D eigenvalue weighted by molar-refractivity contribution is 8.00. The number of ether oxygens (including phenoxy) is 1. The van der Waals surface area contributed by atoms with Crippen LogP contribution >= 0.6 is 11.8 Å². The van der Waals surface area contributed by atoms with Gasteiger partial charge >= 0.3 is 0 Å². The molecule has 5 nitrogen and oxygen atoms in total. The molecule has 1 fully saturated rings. The fraction of sp³-hybridized carbons (Fsp3) is 0.643. The second-order valence-corrected chi connectivity index (χ2v) is 6.67. The zero-order valence-corrected chi connectivity index (χ0v) is 12.7. The van der Waals surface area contributed by atoms with Crippen LogP contribution in [0.15, 0.2) is 11.5 Å². The number of aromatic nitrogens is 4. The van der Waals surface area contributed by atoms with Crippen molar-refractivity contribution in [2.75, 3.05) is 0 Å². The van der Waals surface area contributed by atoms with Gasteiger partial charge in [0.05, 0.1) is 17.0 Å². The number of aryl methyl sites for hydroxylation is 1. The molecule has 20 heavy (non-hydrogen) atoms. The minimum Gasteiger partial charge on any atom is -0.353 e. The molecule has 0 bridgehead atoms. The van der Waals surface area contributed by atoms with Crippen molar-refractivity contribution in [1.29, 1.82) is 0 Å². The quantitative estimate of drug-likeness (QED) is 0.851. The third-order valence-corrected chi connectivity index (χ3v) is 5.85. The van der Waals surface area contributed by atoms with E-state index in [1.165, 1.54) is 0 Å². The zero-order valence-electron chi connectivity index (χ0n) is 11.9. The van der Waals surface area contributed by atoms with E-state index in [0.717, 1.165) is 34.9 Å². The first-order valence-corrected chi connectivity index (χ1v) is 8.14. The summed E-state index contributed by atoms with van der Waals surface area (Å²) in [5.74, 6) is 0.606. The average molecular weight is 290 g/mol. The monoisotopic (exact) mass is 290 g/mol. The lowest BCUT2D eigenvalue weighted by molar-refractivity contribution is -0.00540. The van der Waals surface area contributed by atoms with Gasteiger partial charge in [0.25, 0.3) is 0 Å². The minimum absolute atomic E-state index is 0.0872. The summed E-state index contributed by atoms with van der Waals surface area (Å²) in [4.78, 5) is 13.4. The van der Waals surface area contributed by atoms with E-state index in [4.69, 9.17) is 9.72 Å². The fourth-order valence-corrected chi connectivity index (χ4v) is 5.00. The number of imidazole rings is 1. The molecule has 0 saturated carbocycles. The van der Waals surface area contributed by atoms with Gasteiger partial charge in [0.1, 0.15) is 11.8 Å². The molecule has 2 unspecified atom stereocenters. The molecule has 0 radical (unpaired) electrons. The first-order valence-electron chi connectivity index (χ1n) is 7.26. The maximum atomic E-state index is 6.31. The van der Waals surface area contributed by atoms with Crippen LogP contribution in [0.5, 0.6) is 0 Å². The van der Waals surface area contributed by atoms with Crippen LogP contribution in [0.25, 0.3) is 11.2 Å². The highest BCUT2D eigenvalue weighted by atomic mass is 32.2. The molecule has 2 aromatic heterocycles. The molecule has 0 aliphatic carbocycles. The van der Waals surface area contributed by atoms with Gasteiger partial charge in [-0.25, -0.2) is 15.0 Å². The van der Waals surface area contributed by atoms with Gasteiger partial charge in [-0.15, -0.1) is 0 Å². The van der Waals surface area contributed by atoms with Gasteiger partial charge < -0.3 is 4.74 Å². The molecule has 1 saturated heterocycles. The Bertz CT molecular complexity index is 670. The summed E-state index contributed by atoms with van der Waals surface area (Å²) >= 11 is 1.85. The predicted octanol–water partition coefficient (Wildman–Crippen LogP) is 2.94. The summed E-state index contributed by atoms with van der Waals surface area (Å²) < 4.78 is 8.49. The minimum atomic E-state index is 0.0872. The topological polar surface area (TPSA) is 52.8 Å². The summed E-state index contributed by atoms with van der Waals surface area (Å²) in [6.45, 7) is 6.44. The molecule has 2 aliphatic rings. The fourth-order valence-electron chi connectivity index (χ4n) is 3.46. The van der Waals surface area contributed by atoms with Gasteiger partial charge in [0.15, 0.2) is 17.0 Å². The van der Waals surface area contributed by atoms with Gasteiger partial charge in [-0.2, -0.15) is 0 Å². The van der Waals surface area contributed by atoms with Gasteiger partial charge in [0, 0.05) is 5.92 Å². The van der Waals surface area contributed by atoms with Gasteiger partial charge in [-0.3, -0.25) is 4.57 Å². The van der Waals surface area contributed by atoms with Crippen molar-refractivity contribution in [3.05, 3.63) is 12.0 Å². The van der Waals surface area contributed by atoms with Crippen LogP contribution in [0.1, 0.15) is 38.6 Å². The number of hydrogen-bond donors (Lipinski definition) is 0. The molecule has 4 rings (SSSR count). The van der Waals surface area contributed by atoms with Crippen LogP contribution in [-0.4, -0.2) is 30.9 Å². The normalized spacial score (nSPS) is 31.8. The first kappa shape index (κ1) is 12.6. The lowest BCUT2D eigenvalue weighted by Crippen LogP contribution is -2.20. The molecular formula is C14H18N4OS. The van der Waals surface area contributed by atoms with E-state index in [9.17, 15) is 0 Å². The maximum absolute atomic E-state index is 6.31. The van der Waals surface area contributed by atoms with E-state index in [1.807, 2.05) is 18.7 Å². The second-order valence-electron chi connectivity index (χ2n) is 5.52. The Morgan fingerprint density at radius 2 is 2.15 bits per heavy atom. The van der Waals surface area contributed by atoms with Crippen molar-refractivity contribution in [3.8, 4) is 0 Å². The first-order chi connectivity index (χ1) is 9.74. The van der Waals surface area contributed by atoms with E-state index in [1.54, 1.807) is 6.33 Å². The van der Waals surface area contributed by atoms with Crippen molar-refractivity contribution < 1.29 is 4.74 Å². The lowest BCUT2D eigenvalue weighted by atomic mass is 9.96. The smallest absolute Gasteiger partial charge is 0.172 e. The van der Waals surface area contributed by atoms with Crippen molar-refractivity contribution in [2.45, 2.75) is 56.4 Å². The number of thioether (sulfide) groups is 1. The molecule has 2 aliphatic heterocycles. The van der Waals surface area contributed by atoms with Gasteiger partial charge in [-0.05, 0) is 19.8 Å². The Morgan fingerprint density at radius 1 is 1.30 bits per heavy atom. The maximum Gasteiger partial charge on any atom is 0.172 e. The summed E-state index contributed by atoms with van der Waals surface area (Å²) in [5.41, 5.74) is 2.76. The Labute approximate surface area is 122 Å². The Morgan fingerprint density at radius 3 is 2.90 bits per heavy atom. The van der Waals surface area contributed by atoms with E-state index in [0.29, 0.717) is 17.3 Å². The summed E-state index contributed by atoms with van der Waals surface area (Å²) in [6.07, 6.45) is 4.29. The Balaban J connectivity index is 1.83. The molecule has 0 amide bonds. The molecule has 4 atom stereocenters. The average Bonchev–Trinajstić information content (AvgIpc) is 3.06. The summed E-state index contributed by atoms with van der Waals surface area (Å²) in [7, 11) is 0. The van der Waals surface area contributed by atoms with Crippen LogP contribution < -0.4 is 0 Å². The molecule has 106 valence electrons. The standard InChI is InChI=1S/C14H18N4OS/c1-4-8-9(5-2)19-13-11(8)20-14-17-10-7(3)15-6-16-12(10)18(13)14/h6,8-9,11,13H,4-5H2,1-3H3/t8?,9-,11?,13-/m1/s1. The molecule has 0 aromatic carbocycles. The lowest BCUT2D eigenvalue weighted by Gasteiger charge is -2.17. The van der Waals surface area contributed by atoms with Gasteiger partial charge in [-0.1, -0.05) is 25.6 Å². The SMILES string of the molecule is CCC1C2Sc3nc4c(C)ncnc4n3[C@@H]2O[C@@H]1CC. The number of rotatable bonds is 2. The number of nitrogens with zero attached hydrogens (tertiary/aromatic N) is 4. The van der Waals surface area contributed by atoms with Crippen LogP contribution in [0.3, 0.4) is 0 Å². The highest BCUT2D eigenvalue weighted by Crippen LogP contribution is 2.53. The van der Waals surface area contributed by atoms with E-state index in [2.05, 4.69) is 28.4 Å². The Kier molecular flexibility index (Phi) is 2.79. The highest BCUT2D eigenvalue weighted by Gasteiger charge is 2.50. The molecule has 2 aromatic rings. The van der Waals surface area contributed by atoms with Gasteiger partial charge in [0.2, 0.25) is 0 Å². The van der Waals surface area contributed by atoms with Crippen molar-refractivity contribution in [3.63, 3.8) is 0 Å². The van der Waals surface area contributed by atoms with Crippen LogP contribution in [0.4, 0.5) is 0 Å². The number of hydrogen-bond acceptors (Lipinski definition) is 5.